The molecule has 0 aromatic carbocycles. The molecule has 2 aromatic heterocycles. The smallest absolute Gasteiger partial charge is 0.263 e. The molecular formula is C15H20N4OS2. The fourth-order valence-electron chi connectivity index (χ4n) is 2.84. The Labute approximate surface area is 138 Å². The molecule has 1 unspecified atom stereocenters. The predicted octanol–water partition coefficient (Wildman–Crippen LogP) is 2.86. The van der Waals surface area contributed by atoms with Crippen molar-refractivity contribution in [3.8, 4) is 0 Å². The van der Waals surface area contributed by atoms with Crippen LogP contribution in [0.3, 0.4) is 0 Å². The fraction of sp³-hybridized carbons (Fsp3) is 0.533. The summed E-state index contributed by atoms with van der Waals surface area (Å²) in [5.74, 6) is 0.491. The zero-order valence-corrected chi connectivity index (χ0v) is 14.5. The zero-order chi connectivity index (χ0) is 15.5. The summed E-state index contributed by atoms with van der Waals surface area (Å²) in [7, 11) is 0. The number of aryl methyl sites for hydroxylation is 2. The van der Waals surface area contributed by atoms with Crippen LogP contribution in [0.1, 0.15) is 33.2 Å². The molecule has 118 valence electrons. The summed E-state index contributed by atoms with van der Waals surface area (Å²) < 4.78 is 0. The van der Waals surface area contributed by atoms with Gasteiger partial charge in [0.2, 0.25) is 0 Å². The van der Waals surface area contributed by atoms with E-state index in [0.717, 1.165) is 53.2 Å². The molecule has 1 atom stereocenters. The number of hydrogen-bond acceptors (Lipinski definition) is 6. The largest absolute Gasteiger partial charge is 0.351 e. The Morgan fingerprint density at radius 1 is 1.50 bits per heavy atom. The van der Waals surface area contributed by atoms with Crippen LogP contribution in [0.4, 0.5) is 5.13 Å². The molecule has 1 fully saturated rings. The maximum Gasteiger partial charge on any atom is 0.263 e. The van der Waals surface area contributed by atoms with Crippen molar-refractivity contribution in [3.63, 3.8) is 0 Å². The number of hydrogen-bond donors (Lipinski definition) is 1. The molecule has 0 bridgehead atoms. The number of carbonyl (C=O) groups excluding carboxylic acids is 1. The lowest BCUT2D eigenvalue weighted by molar-refractivity contribution is 0.0949. The summed E-state index contributed by atoms with van der Waals surface area (Å²) in [6, 6.07) is 0. The third-order valence-corrected chi connectivity index (χ3v) is 5.77. The van der Waals surface area contributed by atoms with Crippen LogP contribution in [0, 0.1) is 19.8 Å². The molecule has 0 aliphatic carbocycles. The number of aromatic nitrogens is 2. The SMILES string of the molecule is Cc1nc(C)c(C(=O)NCC2CCCN(c3nccs3)C2)s1. The Morgan fingerprint density at radius 2 is 2.36 bits per heavy atom. The van der Waals surface area contributed by atoms with Crippen molar-refractivity contribution in [3.05, 3.63) is 27.2 Å². The highest BCUT2D eigenvalue weighted by molar-refractivity contribution is 7.14. The van der Waals surface area contributed by atoms with Crippen molar-refractivity contribution in [1.82, 2.24) is 15.3 Å². The second kappa shape index (κ2) is 6.75. The number of nitrogens with zero attached hydrogens (tertiary/aromatic N) is 3. The van der Waals surface area contributed by atoms with Crippen LogP contribution in [0.5, 0.6) is 0 Å². The van der Waals surface area contributed by atoms with E-state index in [1.165, 1.54) is 11.3 Å². The van der Waals surface area contributed by atoms with Gasteiger partial charge in [0.15, 0.2) is 5.13 Å². The minimum Gasteiger partial charge on any atom is -0.351 e. The summed E-state index contributed by atoms with van der Waals surface area (Å²) in [6.45, 7) is 6.57. The van der Waals surface area contributed by atoms with Crippen molar-refractivity contribution in [2.24, 2.45) is 5.92 Å². The summed E-state index contributed by atoms with van der Waals surface area (Å²) >= 11 is 3.14. The first-order valence-electron chi connectivity index (χ1n) is 7.50. The standard InChI is InChI=1S/C15H20N4OS2/c1-10-13(22-11(2)18-10)14(20)17-8-12-4-3-6-19(9-12)15-16-5-7-21-15/h5,7,12H,3-4,6,8-9H2,1-2H3,(H,17,20). The van der Waals surface area contributed by atoms with Gasteiger partial charge in [-0.05, 0) is 32.6 Å². The van der Waals surface area contributed by atoms with Crippen molar-refractivity contribution in [2.45, 2.75) is 26.7 Å². The molecule has 7 heteroatoms. The van der Waals surface area contributed by atoms with Gasteiger partial charge in [-0.25, -0.2) is 9.97 Å². The van der Waals surface area contributed by atoms with Gasteiger partial charge in [-0.2, -0.15) is 0 Å². The van der Waals surface area contributed by atoms with Crippen LogP contribution >= 0.6 is 22.7 Å². The average Bonchev–Trinajstić information content (AvgIpc) is 3.15. The Hall–Kier alpha value is -1.47. The monoisotopic (exact) mass is 336 g/mol. The van der Waals surface area contributed by atoms with E-state index in [0.29, 0.717) is 5.92 Å². The first kappa shape index (κ1) is 15.4. The highest BCUT2D eigenvalue weighted by Crippen LogP contribution is 2.24. The normalized spacial score (nSPS) is 18.5. The lowest BCUT2D eigenvalue weighted by Crippen LogP contribution is -2.41. The van der Waals surface area contributed by atoms with E-state index < -0.39 is 0 Å². The van der Waals surface area contributed by atoms with Crippen molar-refractivity contribution >= 4 is 33.7 Å². The van der Waals surface area contributed by atoms with E-state index in [-0.39, 0.29) is 5.91 Å². The number of piperidine rings is 1. The topological polar surface area (TPSA) is 58.1 Å². The lowest BCUT2D eigenvalue weighted by atomic mass is 9.98. The second-order valence-electron chi connectivity index (χ2n) is 5.63. The highest BCUT2D eigenvalue weighted by atomic mass is 32.1. The Balaban J connectivity index is 1.55. The molecule has 1 saturated heterocycles. The minimum absolute atomic E-state index is 0.00877. The van der Waals surface area contributed by atoms with E-state index in [1.54, 1.807) is 11.3 Å². The molecule has 3 heterocycles. The minimum atomic E-state index is 0.00877. The Kier molecular flexibility index (Phi) is 4.73. The summed E-state index contributed by atoms with van der Waals surface area (Å²) in [6.07, 6.45) is 4.15. The molecule has 1 aliphatic rings. The molecule has 2 aromatic rings. The number of amides is 1. The molecule has 1 aliphatic heterocycles. The van der Waals surface area contributed by atoms with Gasteiger partial charge in [0, 0.05) is 31.2 Å². The molecule has 22 heavy (non-hydrogen) atoms. The third-order valence-electron chi connectivity index (χ3n) is 3.87. The van der Waals surface area contributed by atoms with Crippen LogP contribution in [0.25, 0.3) is 0 Å². The van der Waals surface area contributed by atoms with Crippen LogP contribution < -0.4 is 10.2 Å². The lowest BCUT2D eigenvalue weighted by Gasteiger charge is -2.32. The predicted molar refractivity (Wildman–Crippen MR) is 91.0 cm³/mol. The first-order valence-corrected chi connectivity index (χ1v) is 9.20. The molecule has 1 N–H and O–H groups in total. The van der Waals surface area contributed by atoms with E-state index in [1.807, 2.05) is 25.4 Å². The summed E-state index contributed by atoms with van der Waals surface area (Å²) in [4.78, 5) is 24.0. The second-order valence-corrected chi connectivity index (χ2v) is 7.70. The molecule has 5 nitrogen and oxygen atoms in total. The average molecular weight is 336 g/mol. The van der Waals surface area contributed by atoms with Gasteiger partial charge in [-0.1, -0.05) is 0 Å². The number of nitrogens with one attached hydrogen (secondary N) is 1. The number of thiazole rings is 2. The number of carbonyl (C=O) groups is 1. The van der Waals surface area contributed by atoms with E-state index in [2.05, 4.69) is 20.2 Å². The molecule has 0 saturated carbocycles. The molecule has 0 spiro atoms. The first-order chi connectivity index (χ1) is 10.6. The molecule has 1 amide bonds. The third kappa shape index (κ3) is 3.47. The van der Waals surface area contributed by atoms with Crippen LogP contribution in [0.15, 0.2) is 11.6 Å². The summed E-state index contributed by atoms with van der Waals surface area (Å²) in [5, 5.41) is 7.11. The fourth-order valence-corrected chi connectivity index (χ4v) is 4.35. The zero-order valence-electron chi connectivity index (χ0n) is 12.8. The highest BCUT2D eigenvalue weighted by Gasteiger charge is 2.22. The van der Waals surface area contributed by atoms with Crippen LogP contribution in [0.2, 0.25) is 0 Å². The van der Waals surface area contributed by atoms with Crippen molar-refractivity contribution in [2.75, 3.05) is 24.5 Å². The molecule has 3 rings (SSSR count). The van der Waals surface area contributed by atoms with Gasteiger partial charge >= 0.3 is 0 Å². The van der Waals surface area contributed by atoms with Gasteiger partial charge in [-0.15, -0.1) is 22.7 Å². The maximum absolute atomic E-state index is 12.3. The van der Waals surface area contributed by atoms with Crippen molar-refractivity contribution < 1.29 is 4.79 Å². The van der Waals surface area contributed by atoms with Crippen LogP contribution in [-0.4, -0.2) is 35.5 Å². The van der Waals surface area contributed by atoms with Crippen LogP contribution in [-0.2, 0) is 0 Å². The van der Waals surface area contributed by atoms with E-state index in [9.17, 15) is 4.79 Å². The van der Waals surface area contributed by atoms with Gasteiger partial charge in [0.25, 0.3) is 5.91 Å². The molecule has 0 radical (unpaired) electrons. The number of rotatable bonds is 4. The van der Waals surface area contributed by atoms with Crippen molar-refractivity contribution in [1.29, 1.82) is 0 Å². The maximum atomic E-state index is 12.3. The Morgan fingerprint density at radius 3 is 3.05 bits per heavy atom. The molecular weight excluding hydrogens is 316 g/mol. The van der Waals surface area contributed by atoms with E-state index in [4.69, 9.17) is 0 Å². The van der Waals surface area contributed by atoms with Gasteiger partial charge < -0.3 is 10.2 Å². The van der Waals surface area contributed by atoms with Gasteiger partial charge in [-0.3, -0.25) is 4.79 Å². The number of anilines is 1. The van der Waals surface area contributed by atoms with Gasteiger partial charge in [0.1, 0.15) is 4.88 Å². The Bertz CT molecular complexity index is 638. The quantitative estimate of drug-likeness (QED) is 0.933. The summed E-state index contributed by atoms with van der Waals surface area (Å²) in [5.41, 5.74) is 0.827. The van der Waals surface area contributed by atoms with E-state index >= 15 is 0 Å². The van der Waals surface area contributed by atoms with Gasteiger partial charge in [0.05, 0.1) is 10.7 Å².